The van der Waals surface area contributed by atoms with Crippen LogP contribution in [0, 0.1) is 0 Å². The molecular weight excluding hydrogens is 218 g/mol. The molecule has 4 N–H and O–H groups in total. The van der Waals surface area contributed by atoms with Gasteiger partial charge >= 0.3 is 0 Å². The number of nitrogens with two attached hydrogens (primary N) is 2. The molecule has 17 heavy (non-hydrogen) atoms. The molecule has 0 bridgehead atoms. The first kappa shape index (κ1) is 16.4. The fraction of sp³-hybridized carbons (Fsp3) is 0.917. The minimum Gasteiger partial charge on any atom is -0.383 e. The van der Waals surface area contributed by atoms with Crippen LogP contribution < -0.4 is 11.5 Å². The number of hydrogen-bond acceptors (Lipinski definition) is 4. The number of methoxy groups -OCH3 is 1. The summed E-state index contributed by atoms with van der Waals surface area (Å²) >= 11 is 0. The second kappa shape index (κ2) is 9.39. The van der Waals surface area contributed by atoms with Gasteiger partial charge in [-0.1, -0.05) is 13.8 Å². The van der Waals surface area contributed by atoms with Gasteiger partial charge in [-0.05, 0) is 12.8 Å². The van der Waals surface area contributed by atoms with Gasteiger partial charge in [-0.2, -0.15) is 0 Å². The Morgan fingerprint density at radius 2 is 1.88 bits per heavy atom. The number of ether oxygens (including phenoxy) is 1. The van der Waals surface area contributed by atoms with E-state index in [9.17, 15) is 4.79 Å². The number of carbonyl (C=O) groups is 1. The Morgan fingerprint density at radius 3 is 2.24 bits per heavy atom. The molecule has 102 valence electrons. The van der Waals surface area contributed by atoms with Crippen molar-refractivity contribution in [1.82, 2.24) is 4.90 Å². The zero-order valence-electron chi connectivity index (χ0n) is 11.3. The molecule has 0 aromatic carbocycles. The average Bonchev–Trinajstić information content (AvgIpc) is 2.31. The van der Waals surface area contributed by atoms with Gasteiger partial charge in [-0.15, -0.1) is 0 Å². The third-order valence-corrected chi connectivity index (χ3v) is 3.14. The molecule has 5 heteroatoms. The zero-order chi connectivity index (χ0) is 13.3. The molecule has 0 spiro atoms. The Morgan fingerprint density at radius 1 is 1.29 bits per heavy atom. The summed E-state index contributed by atoms with van der Waals surface area (Å²) in [4.78, 5) is 13.3. The minimum atomic E-state index is -0.297. The third-order valence-electron chi connectivity index (χ3n) is 3.14. The van der Waals surface area contributed by atoms with Crippen LogP contribution in [-0.2, 0) is 9.53 Å². The topological polar surface area (TPSA) is 81.6 Å². The van der Waals surface area contributed by atoms with Gasteiger partial charge in [-0.25, -0.2) is 0 Å². The highest BCUT2D eigenvalue weighted by molar-refractivity contribution is 5.74. The van der Waals surface area contributed by atoms with Gasteiger partial charge in [0.15, 0.2) is 0 Å². The quantitative estimate of drug-likeness (QED) is 0.581. The van der Waals surface area contributed by atoms with Gasteiger partial charge in [0, 0.05) is 38.7 Å². The highest BCUT2D eigenvalue weighted by atomic mass is 16.5. The summed E-state index contributed by atoms with van der Waals surface area (Å²) in [5.74, 6) is -0.297. The van der Waals surface area contributed by atoms with E-state index in [1.807, 2.05) is 0 Å². The zero-order valence-corrected chi connectivity index (χ0v) is 11.3. The van der Waals surface area contributed by atoms with Crippen molar-refractivity contribution >= 4 is 5.91 Å². The fourth-order valence-electron chi connectivity index (χ4n) is 2.19. The summed E-state index contributed by atoms with van der Waals surface area (Å²) < 4.78 is 5.11. The van der Waals surface area contributed by atoms with Gasteiger partial charge in [0.1, 0.15) is 0 Å². The highest BCUT2D eigenvalue weighted by Crippen LogP contribution is 2.14. The number of primary amides is 1. The Kier molecular flexibility index (Phi) is 9.03. The van der Waals surface area contributed by atoms with Gasteiger partial charge < -0.3 is 16.2 Å². The lowest BCUT2D eigenvalue weighted by atomic mass is 10.0. The van der Waals surface area contributed by atoms with Crippen molar-refractivity contribution in [2.24, 2.45) is 11.5 Å². The molecule has 0 aliphatic rings. The normalized spacial score (nSPS) is 13.3. The molecule has 0 fully saturated rings. The first-order valence-electron chi connectivity index (χ1n) is 6.33. The van der Waals surface area contributed by atoms with Crippen LogP contribution in [0.5, 0.6) is 0 Å². The van der Waals surface area contributed by atoms with Gasteiger partial charge in [-0.3, -0.25) is 9.69 Å². The molecule has 0 aromatic rings. The lowest BCUT2D eigenvalue weighted by Crippen LogP contribution is -2.49. The number of hydrogen-bond donors (Lipinski definition) is 2. The van der Waals surface area contributed by atoms with Crippen LogP contribution in [0.15, 0.2) is 0 Å². The van der Waals surface area contributed by atoms with Crippen LogP contribution in [-0.4, -0.2) is 49.7 Å². The average molecular weight is 245 g/mol. The molecule has 1 atom stereocenters. The van der Waals surface area contributed by atoms with E-state index in [0.29, 0.717) is 25.6 Å². The SMILES string of the molecule is CCC(CC)N(CCOC)C(CN)CC(N)=O. The van der Waals surface area contributed by atoms with Crippen LogP contribution in [0.2, 0.25) is 0 Å². The summed E-state index contributed by atoms with van der Waals surface area (Å²) in [6.45, 7) is 6.17. The van der Waals surface area contributed by atoms with E-state index in [1.54, 1.807) is 7.11 Å². The van der Waals surface area contributed by atoms with Crippen molar-refractivity contribution in [3.05, 3.63) is 0 Å². The standard InChI is InChI=1S/C12H27N3O2/c1-4-10(5-2)15(6-7-17-3)11(9-13)8-12(14)16/h10-11H,4-9,13H2,1-3H3,(H2,14,16). The van der Waals surface area contributed by atoms with E-state index in [1.165, 1.54) is 0 Å². The Bertz CT molecular complexity index is 208. The van der Waals surface area contributed by atoms with Crippen LogP contribution in [0.3, 0.4) is 0 Å². The summed E-state index contributed by atoms with van der Waals surface area (Å²) in [5, 5.41) is 0. The van der Waals surface area contributed by atoms with Gasteiger partial charge in [0.2, 0.25) is 5.91 Å². The van der Waals surface area contributed by atoms with Crippen LogP contribution in [0.25, 0.3) is 0 Å². The van der Waals surface area contributed by atoms with Crippen molar-refractivity contribution in [3.63, 3.8) is 0 Å². The smallest absolute Gasteiger partial charge is 0.219 e. The molecule has 0 aliphatic heterocycles. The molecule has 0 aliphatic carbocycles. The summed E-state index contributed by atoms with van der Waals surface area (Å²) in [5.41, 5.74) is 11.0. The van der Waals surface area contributed by atoms with E-state index >= 15 is 0 Å². The highest BCUT2D eigenvalue weighted by Gasteiger charge is 2.24. The van der Waals surface area contributed by atoms with Crippen molar-refractivity contribution in [2.45, 2.75) is 45.2 Å². The predicted molar refractivity (Wildman–Crippen MR) is 69.6 cm³/mol. The van der Waals surface area contributed by atoms with Crippen molar-refractivity contribution in [3.8, 4) is 0 Å². The maximum atomic E-state index is 11.1. The van der Waals surface area contributed by atoms with E-state index in [0.717, 1.165) is 19.4 Å². The fourth-order valence-corrected chi connectivity index (χ4v) is 2.19. The van der Waals surface area contributed by atoms with E-state index < -0.39 is 0 Å². The number of amides is 1. The summed E-state index contributed by atoms with van der Waals surface area (Å²) in [6, 6.07) is 0.450. The molecule has 0 saturated carbocycles. The Labute approximate surface area is 104 Å². The maximum absolute atomic E-state index is 11.1. The van der Waals surface area contributed by atoms with Crippen LogP contribution >= 0.6 is 0 Å². The number of rotatable bonds is 10. The molecule has 5 nitrogen and oxygen atoms in total. The molecule has 0 aromatic heterocycles. The summed E-state index contributed by atoms with van der Waals surface area (Å²) in [7, 11) is 1.68. The number of nitrogens with zero attached hydrogens (tertiary/aromatic N) is 1. The first-order valence-corrected chi connectivity index (χ1v) is 6.33. The van der Waals surface area contributed by atoms with Crippen molar-refractivity contribution < 1.29 is 9.53 Å². The lowest BCUT2D eigenvalue weighted by molar-refractivity contribution is -0.119. The number of carbonyl (C=O) groups excluding carboxylic acids is 1. The molecule has 1 unspecified atom stereocenters. The van der Waals surface area contributed by atoms with E-state index in [-0.39, 0.29) is 11.9 Å². The third kappa shape index (κ3) is 6.00. The molecular formula is C12H27N3O2. The predicted octanol–water partition coefficient (Wildman–Crippen LogP) is 0.326. The van der Waals surface area contributed by atoms with Crippen LogP contribution in [0.1, 0.15) is 33.1 Å². The Hall–Kier alpha value is -0.650. The van der Waals surface area contributed by atoms with Gasteiger partial charge in [0.05, 0.1) is 6.61 Å². The Balaban J connectivity index is 4.64. The van der Waals surface area contributed by atoms with Crippen molar-refractivity contribution in [2.75, 3.05) is 26.8 Å². The van der Waals surface area contributed by atoms with Crippen molar-refractivity contribution in [1.29, 1.82) is 0 Å². The van der Waals surface area contributed by atoms with Gasteiger partial charge in [0.25, 0.3) is 0 Å². The minimum absolute atomic E-state index is 0.0209. The molecule has 0 rings (SSSR count). The second-order valence-electron chi connectivity index (χ2n) is 4.26. The molecule has 0 radical (unpaired) electrons. The molecule has 0 heterocycles. The molecule has 1 amide bonds. The lowest BCUT2D eigenvalue weighted by Gasteiger charge is -2.36. The van der Waals surface area contributed by atoms with E-state index in [4.69, 9.17) is 16.2 Å². The van der Waals surface area contributed by atoms with Crippen LogP contribution in [0.4, 0.5) is 0 Å². The second-order valence-corrected chi connectivity index (χ2v) is 4.26. The monoisotopic (exact) mass is 245 g/mol. The first-order chi connectivity index (χ1) is 8.10. The molecule has 0 saturated heterocycles. The maximum Gasteiger partial charge on any atom is 0.219 e. The largest absolute Gasteiger partial charge is 0.383 e. The van der Waals surface area contributed by atoms with E-state index in [2.05, 4.69) is 18.7 Å². The summed E-state index contributed by atoms with van der Waals surface area (Å²) in [6.07, 6.45) is 2.39.